The maximum atomic E-state index is 10.8. The maximum Gasteiger partial charge on any atom is 0.222 e. The number of nitrogens with one attached hydrogen (secondary N) is 1. The first kappa shape index (κ1) is 6.59. The number of carbonyl (C=O) groups excluding carboxylic acids is 1. The van der Waals surface area contributed by atoms with Gasteiger partial charge in [-0.1, -0.05) is 13.8 Å². The topological polar surface area (TPSA) is 29.1 Å². The fourth-order valence-corrected chi connectivity index (χ4v) is 1.24. The third-order valence-corrected chi connectivity index (χ3v) is 1.83. The molecule has 0 bridgehead atoms. The van der Waals surface area contributed by atoms with E-state index in [4.69, 9.17) is 0 Å². The minimum atomic E-state index is 0.216. The summed E-state index contributed by atoms with van der Waals surface area (Å²) in [6, 6.07) is 0. The lowest BCUT2D eigenvalue weighted by molar-refractivity contribution is -0.126. The minimum Gasteiger partial charge on any atom is -0.356 e. The van der Waals surface area contributed by atoms with Crippen LogP contribution in [0.5, 0.6) is 0 Å². The van der Waals surface area contributed by atoms with Crippen LogP contribution in [-0.2, 0) is 4.79 Å². The molecule has 2 heteroatoms. The van der Waals surface area contributed by atoms with E-state index in [0.29, 0.717) is 5.92 Å². The van der Waals surface area contributed by atoms with Crippen molar-refractivity contribution in [1.29, 1.82) is 0 Å². The van der Waals surface area contributed by atoms with Gasteiger partial charge in [0.25, 0.3) is 0 Å². The molecule has 0 unspecified atom stereocenters. The fourth-order valence-electron chi connectivity index (χ4n) is 1.24. The zero-order valence-electron chi connectivity index (χ0n) is 5.98. The predicted octanol–water partition coefficient (Wildman–Crippen LogP) is 0.778. The van der Waals surface area contributed by atoms with Gasteiger partial charge >= 0.3 is 0 Å². The standard InChI is InChI=1S/C7H13NO/c1-5-3-6(2)7(9)8-4-5/h5-6H,3-4H2,1-2H3,(H,8,9)/t5-,6+/m1/s1. The van der Waals surface area contributed by atoms with Gasteiger partial charge in [-0.15, -0.1) is 0 Å². The van der Waals surface area contributed by atoms with Gasteiger partial charge in [0, 0.05) is 12.5 Å². The van der Waals surface area contributed by atoms with E-state index in [2.05, 4.69) is 12.2 Å². The zero-order chi connectivity index (χ0) is 6.85. The van der Waals surface area contributed by atoms with Crippen molar-refractivity contribution in [3.05, 3.63) is 0 Å². The summed E-state index contributed by atoms with van der Waals surface area (Å²) in [6.45, 7) is 5.00. The first-order chi connectivity index (χ1) is 4.20. The summed E-state index contributed by atoms with van der Waals surface area (Å²) >= 11 is 0. The average molecular weight is 127 g/mol. The Labute approximate surface area is 55.6 Å². The summed E-state index contributed by atoms with van der Waals surface area (Å²) in [5, 5.41) is 2.84. The van der Waals surface area contributed by atoms with E-state index in [1.165, 1.54) is 0 Å². The Morgan fingerprint density at radius 1 is 1.56 bits per heavy atom. The molecule has 0 radical (unpaired) electrons. The van der Waals surface area contributed by atoms with Gasteiger partial charge in [-0.05, 0) is 12.3 Å². The van der Waals surface area contributed by atoms with Crippen LogP contribution in [0.4, 0.5) is 0 Å². The molecule has 2 atom stereocenters. The molecule has 1 N–H and O–H groups in total. The molecule has 1 rings (SSSR count). The Morgan fingerprint density at radius 2 is 2.22 bits per heavy atom. The Bertz CT molecular complexity index is 122. The van der Waals surface area contributed by atoms with Crippen molar-refractivity contribution in [1.82, 2.24) is 5.32 Å². The Morgan fingerprint density at radius 3 is 2.67 bits per heavy atom. The van der Waals surface area contributed by atoms with Crippen LogP contribution in [0, 0.1) is 11.8 Å². The maximum absolute atomic E-state index is 10.8. The molecule has 52 valence electrons. The molecule has 2 nitrogen and oxygen atoms in total. The predicted molar refractivity (Wildman–Crippen MR) is 36.0 cm³/mol. The van der Waals surface area contributed by atoms with Gasteiger partial charge in [0.2, 0.25) is 5.91 Å². The van der Waals surface area contributed by atoms with Crippen molar-refractivity contribution < 1.29 is 4.79 Å². The van der Waals surface area contributed by atoms with Crippen LogP contribution in [0.2, 0.25) is 0 Å². The molecule has 0 aliphatic carbocycles. The van der Waals surface area contributed by atoms with E-state index in [1.807, 2.05) is 6.92 Å². The third-order valence-electron chi connectivity index (χ3n) is 1.83. The minimum absolute atomic E-state index is 0.216. The summed E-state index contributed by atoms with van der Waals surface area (Å²) in [5.41, 5.74) is 0. The second kappa shape index (κ2) is 2.38. The Balaban J connectivity index is 2.44. The van der Waals surface area contributed by atoms with Crippen LogP contribution in [0.1, 0.15) is 20.3 Å². The van der Waals surface area contributed by atoms with Crippen LogP contribution >= 0.6 is 0 Å². The summed E-state index contributed by atoms with van der Waals surface area (Å²) in [7, 11) is 0. The molecule has 0 aromatic heterocycles. The number of piperidine rings is 1. The van der Waals surface area contributed by atoms with Crippen molar-refractivity contribution >= 4 is 5.91 Å². The van der Waals surface area contributed by atoms with Crippen LogP contribution in [0.3, 0.4) is 0 Å². The molecular formula is C7H13NO. The van der Waals surface area contributed by atoms with Gasteiger partial charge in [-0.25, -0.2) is 0 Å². The molecule has 1 amide bonds. The van der Waals surface area contributed by atoms with Gasteiger partial charge in [-0.2, -0.15) is 0 Å². The highest BCUT2D eigenvalue weighted by atomic mass is 16.1. The summed E-state index contributed by atoms with van der Waals surface area (Å²) < 4.78 is 0. The molecule has 0 aromatic rings. The molecule has 1 fully saturated rings. The average Bonchev–Trinajstić information content (AvgIpc) is 1.80. The highest BCUT2D eigenvalue weighted by molar-refractivity contribution is 5.78. The molecule has 1 heterocycles. The number of rotatable bonds is 0. The van der Waals surface area contributed by atoms with Crippen molar-refractivity contribution in [2.24, 2.45) is 11.8 Å². The lowest BCUT2D eigenvalue weighted by atomic mass is 9.93. The molecule has 1 saturated heterocycles. The number of hydrogen-bond acceptors (Lipinski definition) is 1. The van der Waals surface area contributed by atoms with Gasteiger partial charge in [-0.3, -0.25) is 4.79 Å². The largest absolute Gasteiger partial charge is 0.356 e. The second-order valence-corrected chi connectivity index (χ2v) is 2.99. The molecule has 1 aliphatic heterocycles. The molecule has 9 heavy (non-hydrogen) atoms. The van der Waals surface area contributed by atoms with Crippen LogP contribution < -0.4 is 5.32 Å². The van der Waals surface area contributed by atoms with E-state index < -0.39 is 0 Å². The third kappa shape index (κ3) is 1.44. The lowest BCUT2D eigenvalue weighted by Crippen LogP contribution is -2.39. The van der Waals surface area contributed by atoms with Crippen LogP contribution in [-0.4, -0.2) is 12.5 Å². The smallest absolute Gasteiger partial charge is 0.222 e. The highest BCUT2D eigenvalue weighted by Gasteiger charge is 2.21. The molecular weight excluding hydrogens is 114 g/mol. The molecule has 0 spiro atoms. The SMILES string of the molecule is C[C@H]1CNC(=O)[C@@H](C)C1. The van der Waals surface area contributed by atoms with E-state index in [1.54, 1.807) is 0 Å². The second-order valence-electron chi connectivity index (χ2n) is 2.99. The van der Waals surface area contributed by atoms with Gasteiger partial charge in [0.1, 0.15) is 0 Å². The zero-order valence-corrected chi connectivity index (χ0v) is 5.98. The van der Waals surface area contributed by atoms with E-state index in [0.717, 1.165) is 13.0 Å². The summed E-state index contributed by atoms with van der Waals surface area (Å²) in [4.78, 5) is 10.8. The van der Waals surface area contributed by atoms with Crippen molar-refractivity contribution in [2.45, 2.75) is 20.3 Å². The fraction of sp³-hybridized carbons (Fsp3) is 0.857. The Kier molecular flexibility index (Phi) is 1.74. The number of carbonyl (C=O) groups is 1. The number of hydrogen-bond donors (Lipinski definition) is 1. The van der Waals surface area contributed by atoms with Crippen molar-refractivity contribution in [3.8, 4) is 0 Å². The monoisotopic (exact) mass is 127 g/mol. The van der Waals surface area contributed by atoms with E-state index in [-0.39, 0.29) is 11.8 Å². The van der Waals surface area contributed by atoms with Crippen LogP contribution in [0.15, 0.2) is 0 Å². The molecule has 0 aromatic carbocycles. The lowest BCUT2D eigenvalue weighted by Gasteiger charge is -2.23. The van der Waals surface area contributed by atoms with Gasteiger partial charge in [0.15, 0.2) is 0 Å². The first-order valence-corrected chi connectivity index (χ1v) is 3.48. The highest BCUT2D eigenvalue weighted by Crippen LogP contribution is 2.15. The van der Waals surface area contributed by atoms with E-state index >= 15 is 0 Å². The van der Waals surface area contributed by atoms with Crippen molar-refractivity contribution in [2.75, 3.05) is 6.54 Å². The molecule has 0 saturated carbocycles. The first-order valence-electron chi connectivity index (χ1n) is 3.48. The summed E-state index contributed by atoms with van der Waals surface area (Å²) in [6.07, 6.45) is 1.05. The van der Waals surface area contributed by atoms with Gasteiger partial charge in [0.05, 0.1) is 0 Å². The van der Waals surface area contributed by atoms with Crippen molar-refractivity contribution in [3.63, 3.8) is 0 Å². The normalized spacial score (nSPS) is 36.0. The number of amides is 1. The van der Waals surface area contributed by atoms with Gasteiger partial charge < -0.3 is 5.32 Å². The van der Waals surface area contributed by atoms with E-state index in [9.17, 15) is 4.79 Å². The quantitative estimate of drug-likeness (QED) is 0.512. The Hall–Kier alpha value is -0.530. The summed E-state index contributed by atoms with van der Waals surface area (Å²) in [5.74, 6) is 1.11. The van der Waals surface area contributed by atoms with Crippen LogP contribution in [0.25, 0.3) is 0 Å². The molecule has 1 aliphatic rings.